The van der Waals surface area contributed by atoms with E-state index < -0.39 is 14.8 Å². The lowest BCUT2D eigenvalue weighted by Gasteiger charge is -2.11. The maximum atomic E-state index is 12.6. The zero-order valence-corrected chi connectivity index (χ0v) is 18.5. The van der Waals surface area contributed by atoms with Gasteiger partial charge in [0.25, 0.3) is 5.69 Å². The molecule has 0 unspecified atom stereocenters. The average molecular weight is 450 g/mol. The fourth-order valence-electron chi connectivity index (χ4n) is 2.51. The first kappa shape index (κ1) is 21.2. The predicted molar refractivity (Wildman–Crippen MR) is 117 cm³/mol. The summed E-state index contributed by atoms with van der Waals surface area (Å²) in [4.78, 5) is 17.8. The van der Waals surface area contributed by atoms with Gasteiger partial charge < -0.3 is 4.90 Å². The molecule has 0 saturated carbocycles. The van der Waals surface area contributed by atoms with Gasteiger partial charge in [0, 0.05) is 26.2 Å². The normalized spacial score (nSPS) is 12.2. The number of nitrogens with zero attached hydrogens (tertiary/aromatic N) is 3. The lowest BCUT2D eigenvalue weighted by Crippen LogP contribution is -2.08. The van der Waals surface area contributed by atoms with Crippen molar-refractivity contribution in [3.05, 3.63) is 68.2 Å². The first-order valence-corrected chi connectivity index (χ1v) is 11.8. The maximum Gasteiger partial charge on any atom is 0.269 e. The summed E-state index contributed by atoms with van der Waals surface area (Å²) in [5.74, 6) is -0.334. The van der Waals surface area contributed by atoms with Gasteiger partial charge in [0.15, 0.2) is 13.8 Å². The number of hydrogen-bond acceptors (Lipinski definition) is 8. The van der Waals surface area contributed by atoms with E-state index in [1.54, 1.807) is 36.4 Å². The smallest absolute Gasteiger partial charge is 0.269 e. The van der Waals surface area contributed by atoms with Crippen molar-refractivity contribution in [1.29, 1.82) is 0 Å². The molecule has 0 aliphatic heterocycles. The van der Waals surface area contributed by atoms with Crippen LogP contribution in [0.1, 0.15) is 5.56 Å². The van der Waals surface area contributed by atoms with Crippen LogP contribution < -0.4 is 8.88 Å². The number of sulfone groups is 1. The number of nitro benzene ring substituents is 1. The van der Waals surface area contributed by atoms with Crippen LogP contribution in [0.25, 0.3) is 10.4 Å². The van der Waals surface area contributed by atoms with Gasteiger partial charge in [-0.2, -0.15) is 0 Å². The topological polar surface area (TPSA) is 92.9 Å². The van der Waals surface area contributed by atoms with Gasteiger partial charge in [0.2, 0.25) is 0 Å². The molecular formula is C19H19N3O4S3. The van der Waals surface area contributed by atoms with Gasteiger partial charge in [-0.05, 0) is 36.8 Å². The van der Waals surface area contributed by atoms with E-state index in [1.807, 2.05) is 25.9 Å². The summed E-state index contributed by atoms with van der Waals surface area (Å²) in [5.41, 5.74) is 1.84. The molecule has 10 heteroatoms. The highest BCUT2D eigenvalue weighted by Crippen LogP contribution is 2.36. The number of rotatable bonds is 6. The second-order valence-corrected chi connectivity index (χ2v) is 10.7. The molecule has 0 aliphatic carbocycles. The molecule has 0 radical (unpaired) electrons. The average Bonchev–Trinajstić information content (AvgIpc) is 3.12. The van der Waals surface area contributed by atoms with Crippen LogP contribution in [0.2, 0.25) is 0 Å². The van der Waals surface area contributed by atoms with Gasteiger partial charge in [-0.3, -0.25) is 10.1 Å². The molecule has 2 aromatic carbocycles. The molecular weight excluding hydrogens is 430 g/mol. The number of benzene rings is 2. The number of nitro groups is 1. The molecule has 3 aromatic rings. The summed E-state index contributed by atoms with van der Waals surface area (Å²) in [6, 6.07) is 13.0. The van der Waals surface area contributed by atoms with Crippen LogP contribution in [0.15, 0.2) is 58.4 Å². The molecule has 1 aromatic heterocycles. The van der Waals surface area contributed by atoms with Gasteiger partial charge in [-0.25, -0.2) is 13.4 Å². The zero-order valence-electron chi connectivity index (χ0n) is 16.0. The fraction of sp³-hybridized carbons (Fsp3) is 0.211. The molecule has 0 bridgehead atoms. The van der Waals surface area contributed by atoms with Crippen molar-refractivity contribution in [3.63, 3.8) is 0 Å². The highest BCUT2D eigenvalue weighted by molar-refractivity contribution is 7.91. The van der Waals surface area contributed by atoms with Gasteiger partial charge in [0.1, 0.15) is 10.9 Å². The molecule has 0 atom stereocenters. The van der Waals surface area contributed by atoms with Crippen molar-refractivity contribution < 1.29 is 13.3 Å². The molecule has 29 heavy (non-hydrogen) atoms. The monoisotopic (exact) mass is 449 g/mol. The lowest BCUT2D eigenvalue weighted by molar-refractivity contribution is -0.384. The van der Waals surface area contributed by atoms with E-state index in [4.69, 9.17) is 0 Å². The highest BCUT2D eigenvalue weighted by Gasteiger charge is 2.16. The summed E-state index contributed by atoms with van der Waals surface area (Å²) in [6.07, 6.45) is 0. The molecule has 0 fully saturated rings. The molecule has 0 spiro atoms. The second-order valence-electron chi connectivity index (χ2n) is 6.52. The Kier molecular flexibility index (Phi) is 6.15. The second kappa shape index (κ2) is 8.44. The summed E-state index contributed by atoms with van der Waals surface area (Å²) in [6.45, 7) is 1.90. The molecule has 0 saturated heterocycles. The van der Waals surface area contributed by atoms with E-state index in [0.717, 1.165) is 21.0 Å². The summed E-state index contributed by atoms with van der Waals surface area (Å²) < 4.78 is 25.7. The Morgan fingerprint density at radius 3 is 2.21 bits per heavy atom. The van der Waals surface area contributed by atoms with E-state index in [0.29, 0.717) is 3.98 Å². The largest absolute Gasteiger partial charge is 0.368 e. The van der Waals surface area contributed by atoms with Crippen molar-refractivity contribution in [2.75, 3.05) is 24.9 Å². The first-order valence-electron chi connectivity index (χ1n) is 8.53. The van der Waals surface area contributed by atoms with Crippen LogP contribution in [0.3, 0.4) is 0 Å². The third-order valence-electron chi connectivity index (χ3n) is 4.06. The third kappa shape index (κ3) is 4.89. The van der Waals surface area contributed by atoms with E-state index in [-0.39, 0.29) is 16.5 Å². The van der Waals surface area contributed by atoms with Crippen LogP contribution in [0.5, 0.6) is 0 Å². The van der Waals surface area contributed by atoms with Crippen LogP contribution in [0.4, 0.5) is 10.7 Å². The Hall–Kier alpha value is -2.56. The summed E-state index contributed by atoms with van der Waals surface area (Å²) in [5, 5.41) is 11.8. The Morgan fingerprint density at radius 1 is 1.03 bits per heavy atom. The van der Waals surface area contributed by atoms with E-state index in [1.165, 1.54) is 34.8 Å². The Balaban J connectivity index is 1.95. The summed E-state index contributed by atoms with van der Waals surface area (Å²) >= 11 is 2.76. The molecule has 3 rings (SSSR count). The molecule has 152 valence electrons. The summed E-state index contributed by atoms with van der Waals surface area (Å²) in [7, 11) is 0.258. The van der Waals surface area contributed by atoms with Crippen molar-refractivity contribution in [2.24, 2.45) is 4.99 Å². The van der Waals surface area contributed by atoms with E-state index in [9.17, 15) is 18.5 Å². The fourth-order valence-corrected chi connectivity index (χ4v) is 6.10. The van der Waals surface area contributed by atoms with Crippen molar-refractivity contribution in [1.82, 2.24) is 0 Å². The minimum Gasteiger partial charge on any atom is -0.368 e. The number of aryl methyl sites for hydroxylation is 1. The number of non-ortho nitro benzene ring substituents is 1. The van der Waals surface area contributed by atoms with Crippen LogP contribution in [-0.2, 0) is 9.84 Å². The minimum absolute atomic E-state index is 0.0227. The van der Waals surface area contributed by atoms with Gasteiger partial charge in [0.05, 0.1) is 14.7 Å². The quantitative estimate of drug-likeness (QED) is 0.417. The first-order chi connectivity index (χ1) is 13.7. The molecule has 0 N–H and O–H groups in total. The maximum absolute atomic E-state index is 12.6. The van der Waals surface area contributed by atoms with Gasteiger partial charge in [-0.1, -0.05) is 29.0 Å². The predicted octanol–water partition coefficient (Wildman–Crippen LogP) is 4.09. The van der Waals surface area contributed by atoms with Gasteiger partial charge in [-0.15, -0.1) is 11.3 Å². The zero-order chi connectivity index (χ0) is 21.2. The highest BCUT2D eigenvalue weighted by atomic mass is 32.2. The van der Waals surface area contributed by atoms with Crippen molar-refractivity contribution >= 4 is 43.2 Å². The van der Waals surface area contributed by atoms with Crippen LogP contribution >= 0.6 is 22.7 Å². The van der Waals surface area contributed by atoms with Gasteiger partial charge >= 0.3 is 0 Å². The minimum atomic E-state index is -3.52. The third-order valence-corrected chi connectivity index (χ3v) is 8.15. The molecule has 0 aliphatic rings. The van der Waals surface area contributed by atoms with E-state index in [2.05, 4.69) is 4.99 Å². The van der Waals surface area contributed by atoms with Crippen molar-refractivity contribution in [3.8, 4) is 10.4 Å². The van der Waals surface area contributed by atoms with Crippen LogP contribution in [0, 0.1) is 17.0 Å². The number of anilines is 1. The Bertz CT molecular complexity index is 1190. The van der Waals surface area contributed by atoms with Crippen LogP contribution in [-0.4, -0.2) is 33.3 Å². The molecule has 7 nitrogen and oxygen atoms in total. The SMILES string of the molecule is Cc1ccc(S(=O)(=O)C/N=c2/sc(-c3ccc([N+](=O)[O-])cc3)c(N(C)C)s2)cc1. The lowest BCUT2D eigenvalue weighted by atomic mass is 10.2. The molecule has 0 amide bonds. The standard InChI is InChI=1S/C19H19N3O4S3/c1-13-4-10-16(11-5-13)29(25,26)12-20-19-27-17(18(28-19)21(2)3)14-6-8-15(9-7-14)22(23)24/h4-11H,12H2,1-3H3/b20-19-. The Morgan fingerprint density at radius 2 is 1.66 bits per heavy atom. The molecule has 1 heterocycles. The number of hydrogen-bond donors (Lipinski definition) is 0. The van der Waals surface area contributed by atoms with Crippen molar-refractivity contribution in [2.45, 2.75) is 11.8 Å². The Labute approximate surface area is 176 Å². The van der Waals surface area contributed by atoms with E-state index >= 15 is 0 Å².